The molecule has 6 nitrogen and oxygen atoms in total. The van der Waals surface area contributed by atoms with Gasteiger partial charge in [0.25, 0.3) is 0 Å². The van der Waals surface area contributed by atoms with Gasteiger partial charge in [-0.15, -0.1) is 0 Å². The minimum atomic E-state index is -0.0115. The van der Waals surface area contributed by atoms with E-state index in [0.29, 0.717) is 12.0 Å². The van der Waals surface area contributed by atoms with E-state index in [1.54, 1.807) is 5.56 Å². The number of likely N-dealkylation sites (tertiary alicyclic amines) is 1. The second-order valence-corrected chi connectivity index (χ2v) is 10.8. The Morgan fingerprint density at radius 3 is 2.54 bits per heavy atom. The zero-order chi connectivity index (χ0) is 24.0. The number of amides is 2. The molecule has 35 heavy (non-hydrogen) atoms. The van der Waals surface area contributed by atoms with Crippen molar-refractivity contribution >= 4 is 6.03 Å². The number of piperidine rings is 1. The molecule has 2 fully saturated rings. The molecule has 1 aliphatic carbocycles. The molecule has 1 atom stereocenters. The average Bonchev–Trinajstić information content (AvgIpc) is 3.55. The number of hydrogen-bond acceptors (Lipinski definition) is 3. The van der Waals surface area contributed by atoms with Crippen molar-refractivity contribution in [3.63, 3.8) is 0 Å². The van der Waals surface area contributed by atoms with Crippen LogP contribution in [0.4, 0.5) is 4.79 Å². The number of aromatic nitrogens is 2. The van der Waals surface area contributed by atoms with Crippen LogP contribution in [-0.4, -0.2) is 46.4 Å². The molecule has 2 aromatic rings. The first-order valence-electron chi connectivity index (χ1n) is 14.1. The van der Waals surface area contributed by atoms with Crippen LogP contribution < -0.4 is 10.6 Å². The molecule has 3 aliphatic rings. The fourth-order valence-corrected chi connectivity index (χ4v) is 6.52. The Balaban J connectivity index is 1.17. The van der Waals surface area contributed by atoms with Gasteiger partial charge in [-0.25, -0.2) is 4.79 Å². The molecule has 2 N–H and O–H groups in total. The molecule has 1 aromatic carbocycles. The predicted octanol–water partition coefficient (Wildman–Crippen LogP) is 5.33. The molecule has 3 heterocycles. The second kappa shape index (κ2) is 11.6. The molecule has 0 unspecified atom stereocenters. The number of benzene rings is 1. The third-order valence-electron chi connectivity index (χ3n) is 8.47. The van der Waals surface area contributed by atoms with Gasteiger partial charge >= 0.3 is 6.03 Å². The van der Waals surface area contributed by atoms with Gasteiger partial charge in [0.15, 0.2) is 0 Å². The highest BCUT2D eigenvalue weighted by Crippen LogP contribution is 2.35. The van der Waals surface area contributed by atoms with Crippen LogP contribution in [0, 0.1) is 0 Å². The molecule has 6 heteroatoms. The molecule has 0 radical (unpaired) electrons. The van der Waals surface area contributed by atoms with Gasteiger partial charge < -0.3 is 15.5 Å². The molecule has 2 amide bonds. The number of hydrogen-bond donors (Lipinski definition) is 2. The lowest BCUT2D eigenvalue weighted by molar-refractivity contribution is 0.199. The number of rotatable bonds is 8. The van der Waals surface area contributed by atoms with E-state index in [2.05, 4.69) is 51.4 Å². The summed E-state index contributed by atoms with van der Waals surface area (Å²) in [6.45, 7) is 6.64. The molecule has 1 aromatic heterocycles. The fraction of sp³-hybridized carbons (Fsp3) is 0.655. The fourth-order valence-electron chi connectivity index (χ4n) is 6.52. The van der Waals surface area contributed by atoms with Crippen molar-refractivity contribution in [1.82, 2.24) is 25.3 Å². The Labute approximate surface area is 210 Å². The van der Waals surface area contributed by atoms with Crippen molar-refractivity contribution in [1.29, 1.82) is 0 Å². The van der Waals surface area contributed by atoms with Gasteiger partial charge in [0, 0.05) is 24.8 Å². The predicted molar refractivity (Wildman–Crippen MR) is 141 cm³/mol. The molecule has 1 saturated heterocycles. The van der Waals surface area contributed by atoms with Crippen LogP contribution >= 0.6 is 0 Å². The molecule has 190 valence electrons. The van der Waals surface area contributed by atoms with Gasteiger partial charge in [-0.3, -0.25) is 4.68 Å². The van der Waals surface area contributed by atoms with Gasteiger partial charge in [-0.2, -0.15) is 5.10 Å². The number of carbonyl (C=O) groups is 1. The Morgan fingerprint density at radius 2 is 1.80 bits per heavy atom. The highest BCUT2D eigenvalue weighted by atomic mass is 16.2. The van der Waals surface area contributed by atoms with E-state index in [1.165, 1.54) is 61.9 Å². The SMILES string of the molecule is CCc1nn2c(c1C1CCN(CC[C@H](NC(=O)NC3CCCC3)c3ccccc3)CC1)CCCC2. The summed E-state index contributed by atoms with van der Waals surface area (Å²) in [5, 5.41) is 11.5. The lowest BCUT2D eigenvalue weighted by Gasteiger charge is -2.34. The van der Waals surface area contributed by atoms with Crippen LogP contribution in [0.2, 0.25) is 0 Å². The van der Waals surface area contributed by atoms with E-state index in [1.807, 2.05) is 6.07 Å². The quantitative estimate of drug-likeness (QED) is 0.540. The Bertz CT molecular complexity index is 957. The van der Waals surface area contributed by atoms with Crippen LogP contribution in [0.5, 0.6) is 0 Å². The van der Waals surface area contributed by atoms with Crippen molar-refractivity contribution in [3.8, 4) is 0 Å². The van der Waals surface area contributed by atoms with Crippen LogP contribution in [0.25, 0.3) is 0 Å². The number of aryl methyl sites for hydroxylation is 2. The normalized spacial score (nSPS) is 20.5. The van der Waals surface area contributed by atoms with Gasteiger partial charge in [-0.1, -0.05) is 50.1 Å². The smallest absolute Gasteiger partial charge is 0.315 e. The van der Waals surface area contributed by atoms with Crippen molar-refractivity contribution in [2.75, 3.05) is 19.6 Å². The first-order chi connectivity index (χ1) is 17.2. The molecule has 5 rings (SSSR count). The van der Waals surface area contributed by atoms with Crippen LogP contribution in [0.1, 0.15) is 99.2 Å². The molecular formula is C29H43N5O. The van der Waals surface area contributed by atoms with Crippen molar-refractivity contribution in [2.45, 2.75) is 102 Å². The van der Waals surface area contributed by atoms with E-state index in [-0.39, 0.29) is 12.1 Å². The summed E-state index contributed by atoms with van der Waals surface area (Å²) in [5.74, 6) is 0.656. The maximum atomic E-state index is 12.7. The van der Waals surface area contributed by atoms with Gasteiger partial charge in [0.1, 0.15) is 0 Å². The Kier molecular flexibility index (Phi) is 8.07. The number of urea groups is 1. The zero-order valence-electron chi connectivity index (χ0n) is 21.5. The van der Waals surface area contributed by atoms with Crippen molar-refractivity contribution < 1.29 is 4.79 Å². The molecule has 0 spiro atoms. The van der Waals surface area contributed by atoms with E-state index in [4.69, 9.17) is 5.10 Å². The molecule has 2 aliphatic heterocycles. The summed E-state index contributed by atoms with van der Waals surface area (Å²) in [6.07, 6.45) is 12.9. The van der Waals surface area contributed by atoms with E-state index in [0.717, 1.165) is 51.9 Å². The summed E-state index contributed by atoms with van der Waals surface area (Å²) < 4.78 is 2.32. The highest BCUT2D eigenvalue weighted by Gasteiger charge is 2.29. The summed E-state index contributed by atoms with van der Waals surface area (Å²) >= 11 is 0. The second-order valence-electron chi connectivity index (χ2n) is 10.8. The number of nitrogens with zero attached hydrogens (tertiary/aromatic N) is 3. The minimum Gasteiger partial charge on any atom is -0.335 e. The Morgan fingerprint density at radius 1 is 1.03 bits per heavy atom. The average molecular weight is 478 g/mol. The van der Waals surface area contributed by atoms with Crippen LogP contribution in [-0.2, 0) is 19.4 Å². The van der Waals surface area contributed by atoms with E-state index in [9.17, 15) is 4.79 Å². The van der Waals surface area contributed by atoms with Gasteiger partial charge in [-0.05, 0) is 87.9 Å². The lowest BCUT2D eigenvalue weighted by atomic mass is 9.85. The third-order valence-corrected chi connectivity index (χ3v) is 8.47. The maximum absolute atomic E-state index is 12.7. The van der Waals surface area contributed by atoms with E-state index >= 15 is 0 Å². The monoisotopic (exact) mass is 477 g/mol. The largest absolute Gasteiger partial charge is 0.335 e. The summed E-state index contributed by atoms with van der Waals surface area (Å²) in [4.78, 5) is 15.3. The first kappa shape index (κ1) is 24.4. The molecular weight excluding hydrogens is 434 g/mol. The molecule has 1 saturated carbocycles. The highest BCUT2D eigenvalue weighted by molar-refractivity contribution is 5.74. The number of nitrogens with one attached hydrogen (secondary N) is 2. The summed E-state index contributed by atoms with van der Waals surface area (Å²) in [6, 6.07) is 10.8. The standard InChI is InChI=1S/C29H43N5O/c1-2-25-28(27-14-8-9-18-34(27)32-25)23-15-19-33(20-16-23)21-17-26(22-10-4-3-5-11-22)31-29(35)30-24-12-6-7-13-24/h3-5,10-11,23-24,26H,2,6-9,12-21H2,1H3,(H2,30,31,35)/t26-/m0/s1. The maximum Gasteiger partial charge on any atom is 0.315 e. The topological polar surface area (TPSA) is 62.2 Å². The lowest BCUT2D eigenvalue weighted by Crippen LogP contribution is -2.43. The zero-order valence-corrected chi connectivity index (χ0v) is 21.5. The van der Waals surface area contributed by atoms with Gasteiger partial charge in [0.05, 0.1) is 11.7 Å². The Hall–Kier alpha value is -2.34. The van der Waals surface area contributed by atoms with Crippen LogP contribution in [0.3, 0.4) is 0 Å². The number of carbonyl (C=O) groups excluding carboxylic acids is 1. The summed E-state index contributed by atoms with van der Waals surface area (Å²) in [7, 11) is 0. The summed E-state index contributed by atoms with van der Waals surface area (Å²) in [5.41, 5.74) is 5.68. The minimum absolute atomic E-state index is 0.0115. The van der Waals surface area contributed by atoms with Crippen molar-refractivity contribution in [2.24, 2.45) is 0 Å². The first-order valence-corrected chi connectivity index (χ1v) is 14.1. The number of fused-ring (bicyclic) bond motifs is 1. The third kappa shape index (κ3) is 5.91. The van der Waals surface area contributed by atoms with E-state index < -0.39 is 0 Å². The van der Waals surface area contributed by atoms with Crippen molar-refractivity contribution in [3.05, 3.63) is 52.8 Å². The molecule has 0 bridgehead atoms. The van der Waals surface area contributed by atoms with Crippen LogP contribution in [0.15, 0.2) is 30.3 Å². The van der Waals surface area contributed by atoms with Gasteiger partial charge in [0.2, 0.25) is 0 Å².